The molecule has 0 radical (unpaired) electrons. The van der Waals surface area contributed by atoms with Crippen molar-refractivity contribution in [2.24, 2.45) is 4.99 Å². The molecule has 1 aliphatic heterocycles. The van der Waals surface area contributed by atoms with Crippen LogP contribution in [0.15, 0.2) is 35.3 Å². The van der Waals surface area contributed by atoms with Crippen LogP contribution in [-0.2, 0) is 13.1 Å². The Morgan fingerprint density at radius 1 is 1.30 bits per heavy atom. The fourth-order valence-electron chi connectivity index (χ4n) is 3.51. The molecule has 6 heteroatoms. The van der Waals surface area contributed by atoms with Crippen molar-refractivity contribution in [3.63, 3.8) is 0 Å². The highest BCUT2D eigenvalue weighted by molar-refractivity contribution is 7.11. The molecule has 5 nitrogen and oxygen atoms in total. The van der Waals surface area contributed by atoms with Gasteiger partial charge in [-0.2, -0.15) is 0 Å². The van der Waals surface area contributed by atoms with Gasteiger partial charge in [0.2, 0.25) is 0 Å². The van der Waals surface area contributed by atoms with Crippen molar-refractivity contribution in [1.29, 1.82) is 0 Å². The van der Waals surface area contributed by atoms with Gasteiger partial charge in [0.15, 0.2) is 5.96 Å². The number of hydrogen-bond donors (Lipinski definition) is 2. The van der Waals surface area contributed by atoms with Crippen molar-refractivity contribution >= 4 is 17.3 Å². The minimum absolute atomic E-state index is 0.418. The van der Waals surface area contributed by atoms with E-state index in [1.165, 1.54) is 10.4 Å². The van der Waals surface area contributed by atoms with Gasteiger partial charge >= 0.3 is 0 Å². The summed E-state index contributed by atoms with van der Waals surface area (Å²) in [5.41, 5.74) is 2.49. The Balaban J connectivity index is 1.58. The summed E-state index contributed by atoms with van der Waals surface area (Å²) in [5.74, 6) is 0.891. The van der Waals surface area contributed by atoms with Crippen LogP contribution in [0.5, 0.6) is 0 Å². The molecule has 0 aliphatic carbocycles. The summed E-state index contributed by atoms with van der Waals surface area (Å²) in [6.45, 7) is 12.1. The maximum Gasteiger partial charge on any atom is 0.191 e. The number of aliphatic imine (C=N–C) groups is 1. The number of hydrogen-bond acceptors (Lipinski definition) is 4. The van der Waals surface area contributed by atoms with Crippen molar-refractivity contribution in [2.45, 2.75) is 59.3 Å². The van der Waals surface area contributed by atoms with Crippen LogP contribution in [0, 0.1) is 13.8 Å². The lowest BCUT2D eigenvalue weighted by Crippen LogP contribution is -2.44. The number of nitrogens with zero attached hydrogens (tertiary/aromatic N) is 3. The predicted octanol–water partition coefficient (Wildman–Crippen LogP) is 3.48. The first-order chi connectivity index (χ1) is 13.0. The largest absolute Gasteiger partial charge is 0.357 e. The van der Waals surface area contributed by atoms with Crippen LogP contribution in [0.2, 0.25) is 0 Å². The van der Waals surface area contributed by atoms with Crippen LogP contribution >= 0.6 is 11.3 Å². The van der Waals surface area contributed by atoms with Crippen LogP contribution in [-0.4, -0.2) is 41.0 Å². The normalized spacial score (nSPS) is 20.8. The summed E-state index contributed by atoms with van der Waals surface area (Å²) in [4.78, 5) is 13.2. The maximum atomic E-state index is 4.76. The third kappa shape index (κ3) is 5.53. The third-order valence-electron chi connectivity index (χ3n) is 5.06. The predicted molar refractivity (Wildman–Crippen MR) is 114 cm³/mol. The number of thiazole rings is 1. The van der Waals surface area contributed by atoms with Gasteiger partial charge in [-0.05, 0) is 39.7 Å². The van der Waals surface area contributed by atoms with Crippen molar-refractivity contribution in [3.05, 3.63) is 51.5 Å². The number of aromatic nitrogens is 1. The number of aryl methyl sites for hydroxylation is 2. The maximum absolute atomic E-state index is 4.76. The van der Waals surface area contributed by atoms with Crippen LogP contribution in [0.1, 0.15) is 41.4 Å². The SMILES string of the molecule is CCNC(=NCc1nc(C)c(C)s1)NC1CC(C)N(Cc2ccccc2)C1. The Hall–Kier alpha value is -1.92. The minimum Gasteiger partial charge on any atom is -0.357 e. The molecule has 0 saturated carbocycles. The van der Waals surface area contributed by atoms with Crippen molar-refractivity contribution in [3.8, 4) is 0 Å². The Morgan fingerprint density at radius 2 is 2.07 bits per heavy atom. The lowest BCUT2D eigenvalue weighted by atomic mass is 10.2. The second-order valence-corrected chi connectivity index (χ2v) is 8.57. The smallest absolute Gasteiger partial charge is 0.191 e. The molecule has 0 bridgehead atoms. The van der Waals surface area contributed by atoms with Gasteiger partial charge in [0.1, 0.15) is 5.01 Å². The molecule has 0 amide bonds. The van der Waals surface area contributed by atoms with Gasteiger partial charge in [-0.3, -0.25) is 4.90 Å². The van der Waals surface area contributed by atoms with Crippen molar-refractivity contribution < 1.29 is 0 Å². The van der Waals surface area contributed by atoms with Gasteiger partial charge in [0, 0.05) is 36.6 Å². The van der Waals surface area contributed by atoms with E-state index in [4.69, 9.17) is 4.99 Å². The van der Waals surface area contributed by atoms with E-state index in [0.29, 0.717) is 18.6 Å². The van der Waals surface area contributed by atoms with Gasteiger partial charge in [-0.1, -0.05) is 30.3 Å². The monoisotopic (exact) mass is 385 g/mol. The molecule has 2 aromatic rings. The number of rotatable bonds is 6. The van der Waals surface area contributed by atoms with Gasteiger partial charge in [0.05, 0.1) is 12.2 Å². The number of benzene rings is 1. The molecule has 1 aromatic heterocycles. The number of guanidine groups is 1. The molecule has 1 aromatic carbocycles. The van der Waals surface area contributed by atoms with Gasteiger partial charge in [0.25, 0.3) is 0 Å². The summed E-state index contributed by atoms with van der Waals surface area (Å²) < 4.78 is 0. The Morgan fingerprint density at radius 3 is 2.74 bits per heavy atom. The topological polar surface area (TPSA) is 52.6 Å². The van der Waals surface area contributed by atoms with E-state index in [1.54, 1.807) is 11.3 Å². The molecular formula is C21H31N5S. The first-order valence-corrected chi connectivity index (χ1v) is 10.6. The van der Waals surface area contributed by atoms with E-state index in [9.17, 15) is 0 Å². The van der Waals surface area contributed by atoms with E-state index in [-0.39, 0.29) is 0 Å². The molecule has 2 unspecified atom stereocenters. The zero-order valence-corrected chi connectivity index (χ0v) is 17.6. The quantitative estimate of drug-likeness (QED) is 0.590. The van der Waals surface area contributed by atoms with Gasteiger partial charge in [-0.15, -0.1) is 11.3 Å². The molecule has 146 valence electrons. The average Bonchev–Trinajstić information content (AvgIpc) is 3.15. The fourth-order valence-corrected chi connectivity index (χ4v) is 4.37. The highest BCUT2D eigenvalue weighted by Crippen LogP contribution is 2.20. The highest BCUT2D eigenvalue weighted by Gasteiger charge is 2.29. The molecule has 2 N–H and O–H groups in total. The van der Waals surface area contributed by atoms with Crippen molar-refractivity contribution in [1.82, 2.24) is 20.5 Å². The molecule has 3 rings (SSSR count). The van der Waals surface area contributed by atoms with Crippen LogP contribution < -0.4 is 10.6 Å². The Bertz CT molecular complexity index is 736. The lowest BCUT2D eigenvalue weighted by Gasteiger charge is -2.21. The minimum atomic E-state index is 0.418. The fraction of sp³-hybridized carbons (Fsp3) is 0.524. The first kappa shape index (κ1) is 19.8. The number of likely N-dealkylation sites (tertiary alicyclic amines) is 1. The molecule has 1 fully saturated rings. The average molecular weight is 386 g/mol. The molecule has 2 heterocycles. The van der Waals surface area contributed by atoms with E-state index >= 15 is 0 Å². The molecular weight excluding hydrogens is 354 g/mol. The molecule has 1 aliphatic rings. The van der Waals surface area contributed by atoms with E-state index in [2.05, 4.69) is 78.5 Å². The van der Waals surface area contributed by atoms with Gasteiger partial charge < -0.3 is 10.6 Å². The lowest BCUT2D eigenvalue weighted by molar-refractivity contribution is 0.258. The zero-order chi connectivity index (χ0) is 19.2. The summed E-state index contributed by atoms with van der Waals surface area (Å²) >= 11 is 1.74. The standard InChI is InChI=1S/C21H31N5S/c1-5-22-21(23-12-20-24-16(3)17(4)27-20)25-19-11-15(2)26(14-19)13-18-9-7-6-8-10-18/h6-10,15,19H,5,11-14H2,1-4H3,(H2,22,23,25). The zero-order valence-electron chi connectivity index (χ0n) is 16.8. The van der Waals surface area contributed by atoms with E-state index < -0.39 is 0 Å². The summed E-state index contributed by atoms with van der Waals surface area (Å²) in [5, 5.41) is 8.08. The Kier molecular flexibility index (Phi) is 6.85. The van der Waals surface area contributed by atoms with E-state index in [0.717, 1.165) is 42.7 Å². The second-order valence-electron chi connectivity index (χ2n) is 7.29. The summed E-state index contributed by atoms with van der Waals surface area (Å²) in [6, 6.07) is 11.7. The highest BCUT2D eigenvalue weighted by atomic mass is 32.1. The van der Waals surface area contributed by atoms with E-state index in [1.807, 2.05) is 0 Å². The molecule has 0 spiro atoms. The summed E-state index contributed by atoms with van der Waals surface area (Å²) in [6.07, 6.45) is 1.13. The molecule has 2 atom stereocenters. The van der Waals surface area contributed by atoms with Crippen molar-refractivity contribution in [2.75, 3.05) is 13.1 Å². The summed E-state index contributed by atoms with van der Waals surface area (Å²) in [7, 11) is 0. The first-order valence-electron chi connectivity index (χ1n) is 9.81. The molecule has 1 saturated heterocycles. The van der Waals surface area contributed by atoms with Crippen LogP contribution in [0.3, 0.4) is 0 Å². The molecule has 27 heavy (non-hydrogen) atoms. The number of nitrogens with one attached hydrogen (secondary N) is 2. The van der Waals surface area contributed by atoms with Crippen LogP contribution in [0.4, 0.5) is 0 Å². The second kappa shape index (κ2) is 9.33. The van der Waals surface area contributed by atoms with Gasteiger partial charge in [-0.25, -0.2) is 9.98 Å². The van der Waals surface area contributed by atoms with Crippen LogP contribution in [0.25, 0.3) is 0 Å². The third-order valence-corrected chi connectivity index (χ3v) is 6.12. The Labute approximate surface area is 166 Å².